The molecular weight excluding hydrogens is 351 g/mol. The number of carbonyl (C=O) groups is 1. The van der Waals surface area contributed by atoms with E-state index in [9.17, 15) is 4.79 Å². The topological polar surface area (TPSA) is 59.4 Å². The van der Waals surface area contributed by atoms with E-state index in [1.807, 2.05) is 24.3 Å². The van der Waals surface area contributed by atoms with Crippen LogP contribution in [0.2, 0.25) is 0 Å². The standard InChI is InChI=1S/C16H24N4O2.2ClH/c1-19-10-12(9-18-19)14-11-20(6-7-22-14)15(21)13-8-16(13)2-4-17-5-3-16;;/h9-10,13-14,17H,2-8,11H2,1H3;2*1H. The Kier molecular flexibility index (Phi) is 6.18. The highest BCUT2D eigenvalue weighted by molar-refractivity contribution is 5.85. The third-order valence-electron chi connectivity index (χ3n) is 5.56. The summed E-state index contributed by atoms with van der Waals surface area (Å²) in [7, 11) is 1.90. The first-order valence-electron chi connectivity index (χ1n) is 8.28. The fraction of sp³-hybridized carbons (Fsp3) is 0.750. The van der Waals surface area contributed by atoms with E-state index < -0.39 is 0 Å². The summed E-state index contributed by atoms with van der Waals surface area (Å²) in [6.45, 7) is 4.12. The van der Waals surface area contributed by atoms with Crippen LogP contribution in [0.5, 0.6) is 0 Å². The normalized spacial score (nSPS) is 28.0. The van der Waals surface area contributed by atoms with Gasteiger partial charge in [0.2, 0.25) is 5.91 Å². The van der Waals surface area contributed by atoms with E-state index in [0.717, 1.165) is 44.5 Å². The van der Waals surface area contributed by atoms with Gasteiger partial charge in [0.25, 0.3) is 0 Å². The predicted molar refractivity (Wildman–Crippen MR) is 95.6 cm³/mol. The smallest absolute Gasteiger partial charge is 0.226 e. The first-order valence-corrected chi connectivity index (χ1v) is 8.28. The molecule has 2 aliphatic heterocycles. The minimum absolute atomic E-state index is 0. The summed E-state index contributed by atoms with van der Waals surface area (Å²) in [4.78, 5) is 14.9. The second-order valence-electron chi connectivity index (χ2n) is 6.96. The highest BCUT2D eigenvalue weighted by Gasteiger charge is 2.58. The molecule has 8 heteroatoms. The molecule has 0 bridgehead atoms. The van der Waals surface area contributed by atoms with Gasteiger partial charge in [-0.2, -0.15) is 5.10 Å². The average Bonchev–Trinajstić information content (AvgIpc) is 3.04. The molecule has 3 heterocycles. The number of nitrogens with zero attached hydrogens (tertiary/aromatic N) is 3. The number of halogens is 2. The van der Waals surface area contributed by atoms with Gasteiger partial charge in [0, 0.05) is 31.3 Å². The van der Waals surface area contributed by atoms with E-state index in [1.165, 1.54) is 0 Å². The summed E-state index contributed by atoms with van der Waals surface area (Å²) in [5.74, 6) is 0.598. The Morgan fingerprint density at radius 2 is 2.12 bits per heavy atom. The molecular formula is C16H26Cl2N4O2. The van der Waals surface area contributed by atoms with Crippen LogP contribution < -0.4 is 5.32 Å². The van der Waals surface area contributed by atoms with Crippen molar-refractivity contribution in [2.75, 3.05) is 32.8 Å². The first-order chi connectivity index (χ1) is 10.7. The molecule has 4 rings (SSSR count). The zero-order valence-corrected chi connectivity index (χ0v) is 15.6. The number of aromatic nitrogens is 2. The Morgan fingerprint density at radius 3 is 2.79 bits per heavy atom. The Bertz CT molecular complexity index is 574. The van der Waals surface area contributed by atoms with Crippen molar-refractivity contribution in [1.29, 1.82) is 0 Å². The Hall–Kier alpha value is -0.820. The highest BCUT2D eigenvalue weighted by atomic mass is 35.5. The molecule has 2 saturated heterocycles. The average molecular weight is 377 g/mol. The molecule has 1 aromatic heterocycles. The van der Waals surface area contributed by atoms with E-state index in [2.05, 4.69) is 10.4 Å². The van der Waals surface area contributed by atoms with Crippen LogP contribution in [0.15, 0.2) is 12.4 Å². The molecule has 1 aliphatic carbocycles. The number of hydrogen-bond donors (Lipinski definition) is 1. The van der Waals surface area contributed by atoms with Gasteiger partial charge in [-0.15, -0.1) is 24.8 Å². The molecule has 24 heavy (non-hydrogen) atoms. The largest absolute Gasteiger partial charge is 0.370 e. The van der Waals surface area contributed by atoms with Crippen molar-refractivity contribution in [3.63, 3.8) is 0 Å². The Balaban J connectivity index is 0.00000104. The van der Waals surface area contributed by atoms with Crippen LogP contribution in [0, 0.1) is 11.3 Å². The minimum atomic E-state index is -0.0332. The lowest BCUT2D eigenvalue weighted by Crippen LogP contribution is -2.44. The van der Waals surface area contributed by atoms with Crippen molar-refractivity contribution in [3.8, 4) is 0 Å². The zero-order valence-electron chi connectivity index (χ0n) is 13.9. The number of piperidine rings is 1. The van der Waals surface area contributed by atoms with E-state index in [1.54, 1.807) is 4.68 Å². The highest BCUT2D eigenvalue weighted by Crippen LogP contribution is 2.59. The summed E-state index contributed by atoms with van der Waals surface area (Å²) in [5, 5.41) is 7.60. The van der Waals surface area contributed by atoms with E-state index >= 15 is 0 Å². The Labute approximate surface area is 155 Å². The van der Waals surface area contributed by atoms with Gasteiger partial charge in [-0.25, -0.2) is 0 Å². The molecule has 0 radical (unpaired) electrons. The van der Waals surface area contributed by atoms with Crippen LogP contribution in [0.1, 0.15) is 30.9 Å². The van der Waals surface area contributed by atoms with Gasteiger partial charge < -0.3 is 15.0 Å². The lowest BCUT2D eigenvalue weighted by atomic mass is 9.91. The van der Waals surface area contributed by atoms with Crippen LogP contribution in [0.25, 0.3) is 0 Å². The maximum absolute atomic E-state index is 12.8. The van der Waals surface area contributed by atoms with Gasteiger partial charge in [0.1, 0.15) is 6.10 Å². The molecule has 3 aliphatic rings. The SMILES string of the molecule is Cl.Cl.Cn1cc(C2CN(C(=O)C3CC34CCNCC4)CCO2)cn1. The molecule has 1 amide bonds. The second-order valence-corrected chi connectivity index (χ2v) is 6.96. The van der Waals surface area contributed by atoms with E-state index in [-0.39, 0.29) is 36.8 Å². The molecule has 6 nitrogen and oxygen atoms in total. The van der Waals surface area contributed by atoms with Gasteiger partial charge in [-0.1, -0.05) is 0 Å². The van der Waals surface area contributed by atoms with Gasteiger partial charge in [-0.3, -0.25) is 9.48 Å². The van der Waals surface area contributed by atoms with Crippen LogP contribution >= 0.6 is 24.8 Å². The summed E-state index contributed by atoms with van der Waals surface area (Å²) < 4.78 is 7.62. The molecule has 1 spiro atoms. The summed E-state index contributed by atoms with van der Waals surface area (Å²) >= 11 is 0. The first kappa shape index (κ1) is 19.5. The Morgan fingerprint density at radius 1 is 1.38 bits per heavy atom. The molecule has 136 valence electrons. The number of morpholine rings is 1. The molecule has 1 saturated carbocycles. The lowest BCUT2D eigenvalue weighted by molar-refractivity contribution is -0.141. The van der Waals surface area contributed by atoms with Gasteiger partial charge in [0.05, 0.1) is 19.3 Å². The third kappa shape index (κ3) is 3.57. The quantitative estimate of drug-likeness (QED) is 0.850. The van der Waals surface area contributed by atoms with Crippen LogP contribution in [-0.4, -0.2) is 53.4 Å². The van der Waals surface area contributed by atoms with E-state index in [0.29, 0.717) is 24.5 Å². The van der Waals surface area contributed by atoms with Crippen LogP contribution in [0.3, 0.4) is 0 Å². The van der Waals surface area contributed by atoms with Crippen molar-refractivity contribution in [1.82, 2.24) is 20.0 Å². The number of rotatable bonds is 2. The zero-order chi connectivity index (χ0) is 15.2. The molecule has 1 N–H and O–H groups in total. The van der Waals surface area contributed by atoms with Crippen molar-refractivity contribution >= 4 is 30.7 Å². The number of amides is 1. The fourth-order valence-corrected chi connectivity index (χ4v) is 4.05. The maximum atomic E-state index is 12.8. The van der Waals surface area contributed by atoms with E-state index in [4.69, 9.17) is 4.74 Å². The molecule has 0 aromatic carbocycles. The predicted octanol–water partition coefficient (Wildman–Crippen LogP) is 1.55. The minimum Gasteiger partial charge on any atom is -0.370 e. The van der Waals surface area contributed by atoms with Crippen molar-refractivity contribution < 1.29 is 9.53 Å². The lowest BCUT2D eigenvalue weighted by Gasteiger charge is -2.33. The van der Waals surface area contributed by atoms with Crippen LogP contribution in [-0.2, 0) is 16.6 Å². The van der Waals surface area contributed by atoms with Gasteiger partial charge in [-0.05, 0) is 37.8 Å². The number of hydrogen-bond acceptors (Lipinski definition) is 4. The molecule has 2 unspecified atom stereocenters. The number of ether oxygens (including phenoxy) is 1. The second kappa shape index (κ2) is 7.60. The number of carbonyl (C=O) groups excluding carboxylic acids is 1. The summed E-state index contributed by atoms with van der Waals surface area (Å²) in [6, 6.07) is 0. The van der Waals surface area contributed by atoms with Gasteiger partial charge >= 0.3 is 0 Å². The van der Waals surface area contributed by atoms with Gasteiger partial charge in [0.15, 0.2) is 0 Å². The summed E-state index contributed by atoms with van der Waals surface area (Å²) in [6.07, 6.45) is 7.17. The summed E-state index contributed by atoms with van der Waals surface area (Å²) in [5.41, 5.74) is 1.37. The molecule has 3 fully saturated rings. The molecule has 1 aromatic rings. The maximum Gasteiger partial charge on any atom is 0.226 e. The fourth-order valence-electron chi connectivity index (χ4n) is 4.05. The van der Waals surface area contributed by atoms with Crippen molar-refractivity contribution in [2.45, 2.75) is 25.4 Å². The number of aryl methyl sites for hydroxylation is 1. The van der Waals surface area contributed by atoms with Crippen molar-refractivity contribution in [2.24, 2.45) is 18.4 Å². The van der Waals surface area contributed by atoms with Crippen LogP contribution in [0.4, 0.5) is 0 Å². The molecule has 2 atom stereocenters. The number of nitrogens with one attached hydrogen (secondary N) is 1. The van der Waals surface area contributed by atoms with Crippen molar-refractivity contribution in [3.05, 3.63) is 18.0 Å². The third-order valence-corrected chi connectivity index (χ3v) is 5.56. The monoisotopic (exact) mass is 376 g/mol.